The van der Waals surface area contributed by atoms with Gasteiger partial charge >= 0.3 is 0 Å². The largest absolute Gasteiger partial charge is 0.486 e. The molecule has 0 saturated heterocycles. The topological polar surface area (TPSA) is 76.6 Å². The van der Waals surface area contributed by atoms with E-state index in [2.05, 4.69) is 25.1 Å². The van der Waals surface area contributed by atoms with Crippen LogP contribution in [0, 0.1) is 0 Å². The Bertz CT molecular complexity index is 1050. The molecule has 0 fully saturated rings. The molecule has 26 heavy (non-hydrogen) atoms. The minimum Gasteiger partial charge on any atom is -0.486 e. The van der Waals surface area contributed by atoms with Crippen molar-refractivity contribution < 1.29 is 4.74 Å². The van der Waals surface area contributed by atoms with Crippen molar-refractivity contribution in [3.63, 3.8) is 0 Å². The number of fused-ring (bicyclic) bond motifs is 1. The maximum atomic E-state index is 6.22. The summed E-state index contributed by atoms with van der Waals surface area (Å²) in [6.45, 7) is 1.89. The average molecular weight is 386 g/mol. The number of hydrogen-bond acceptors (Lipinski definition) is 5. The first-order valence-electron chi connectivity index (χ1n) is 7.82. The van der Waals surface area contributed by atoms with Crippen molar-refractivity contribution in [2.75, 3.05) is 0 Å². The molecule has 4 rings (SSSR count). The summed E-state index contributed by atoms with van der Waals surface area (Å²) in [6, 6.07) is 5.69. The van der Waals surface area contributed by atoms with Crippen molar-refractivity contribution in [2.24, 2.45) is 0 Å². The molecule has 4 aromatic rings. The molecular formula is C18H13Cl2N5O. The summed E-state index contributed by atoms with van der Waals surface area (Å²) in [7, 11) is 0. The number of aromatic nitrogens is 5. The van der Waals surface area contributed by atoms with Gasteiger partial charge in [0, 0.05) is 41.3 Å². The van der Waals surface area contributed by atoms with Gasteiger partial charge in [0.1, 0.15) is 23.9 Å². The lowest BCUT2D eigenvalue weighted by atomic mass is 10.1. The van der Waals surface area contributed by atoms with E-state index in [9.17, 15) is 0 Å². The molecule has 0 bridgehead atoms. The number of hydrogen-bond donors (Lipinski definition) is 1. The summed E-state index contributed by atoms with van der Waals surface area (Å²) in [5, 5.41) is 9.22. The van der Waals surface area contributed by atoms with E-state index in [1.807, 2.05) is 25.1 Å². The molecule has 0 spiro atoms. The predicted octanol–water partition coefficient (Wildman–Crippen LogP) is 4.86. The minimum atomic E-state index is -0.342. The van der Waals surface area contributed by atoms with E-state index in [4.69, 9.17) is 27.9 Å². The zero-order valence-electron chi connectivity index (χ0n) is 13.6. The van der Waals surface area contributed by atoms with Crippen molar-refractivity contribution in [1.29, 1.82) is 0 Å². The Morgan fingerprint density at radius 3 is 2.46 bits per heavy atom. The van der Waals surface area contributed by atoms with Gasteiger partial charge in [0.05, 0.1) is 15.6 Å². The van der Waals surface area contributed by atoms with Crippen LogP contribution < -0.4 is 4.74 Å². The Balaban J connectivity index is 1.70. The average Bonchev–Trinajstić information content (AvgIpc) is 3.05. The van der Waals surface area contributed by atoms with Gasteiger partial charge in [0.2, 0.25) is 0 Å². The number of H-pyrrole nitrogens is 1. The smallest absolute Gasteiger partial charge is 0.124 e. The van der Waals surface area contributed by atoms with Gasteiger partial charge in [-0.1, -0.05) is 23.2 Å². The van der Waals surface area contributed by atoms with Gasteiger partial charge in [-0.05, 0) is 25.1 Å². The van der Waals surface area contributed by atoms with Crippen LogP contribution in [0.4, 0.5) is 0 Å². The Hall–Kier alpha value is -2.70. The molecule has 3 aromatic heterocycles. The van der Waals surface area contributed by atoms with E-state index in [-0.39, 0.29) is 6.10 Å². The quantitative estimate of drug-likeness (QED) is 0.542. The summed E-state index contributed by atoms with van der Waals surface area (Å²) < 4.78 is 6.06. The molecule has 1 N–H and O–H groups in total. The molecule has 0 aliphatic rings. The molecule has 0 aliphatic carbocycles. The molecule has 130 valence electrons. The van der Waals surface area contributed by atoms with Crippen LogP contribution in [0.1, 0.15) is 18.6 Å². The van der Waals surface area contributed by atoms with E-state index in [0.717, 1.165) is 22.2 Å². The van der Waals surface area contributed by atoms with Gasteiger partial charge < -0.3 is 4.74 Å². The Morgan fingerprint density at radius 1 is 1.00 bits per heavy atom. The van der Waals surface area contributed by atoms with E-state index in [0.29, 0.717) is 21.4 Å². The van der Waals surface area contributed by atoms with E-state index in [1.54, 1.807) is 24.8 Å². The second-order valence-corrected chi connectivity index (χ2v) is 6.50. The van der Waals surface area contributed by atoms with E-state index >= 15 is 0 Å². The number of aromatic amines is 1. The number of rotatable bonds is 4. The van der Waals surface area contributed by atoms with Gasteiger partial charge in [-0.25, -0.2) is 9.97 Å². The fraction of sp³-hybridized carbons (Fsp3) is 0.111. The van der Waals surface area contributed by atoms with Crippen LogP contribution >= 0.6 is 23.2 Å². The lowest BCUT2D eigenvalue weighted by molar-refractivity contribution is 0.227. The van der Waals surface area contributed by atoms with Crippen LogP contribution in [-0.4, -0.2) is 25.1 Å². The molecule has 8 heteroatoms. The normalized spacial score (nSPS) is 12.3. The SMILES string of the molecule is CC(Oc1ccc2[nH]nc(-c3cncnc3)c2c1)c1c(Cl)cncc1Cl. The predicted molar refractivity (Wildman–Crippen MR) is 100 cm³/mol. The number of benzene rings is 1. The van der Waals surface area contributed by atoms with Gasteiger partial charge in [0.15, 0.2) is 0 Å². The fourth-order valence-electron chi connectivity index (χ4n) is 2.78. The molecular weight excluding hydrogens is 373 g/mol. The molecule has 3 heterocycles. The standard InChI is InChI=1S/C18H13Cl2N5O/c1-10(17-14(19)7-21-8-15(17)20)26-12-2-3-16-13(4-12)18(25-24-16)11-5-22-9-23-6-11/h2-10H,1H3,(H,24,25). The number of halogens is 2. The molecule has 1 unspecified atom stereocenters. The number of ether oxygens (including phenoxy) is 1. The van der Waals surface area contributed by atoms with Crippen LogP contribution in [0.15, 0.2) is 49.3 Å². The third-order valence-electron chi connectivity index (χ3n) is 3.98. The molecule has 0 amide bonds. The maximum Gasteiger partial charge on any atom is 0.124 e. The van der Waals surface area contributed by atoms with Gasteiger partial charge in [-0.2, -0.15) is 5.10 Å². The van der Waals surface area contributed by atoms with Crippen molar-refractivity contribution in [1.82, 2.24) is 25.1 Å². The summed E-state index contributed by atoms with van der Waals surface area (Å²) in [5.74, 6) is 0.674. The van der Waals surface area contributed by atoms with E-state index < -0.39 is 0 Å². The van der Waals surface area contributed by atoms with Crippen LogP contribution in [0.2, 0.25) is 10.0 Å². The second-order valence-electron chi connectivity index (χ2n) is 5.68. The van der Waals surface area contributed by atoms with Crippen molar-refractivity contribution in [3.8, 4) is 17.0 Å². The minimum absolute atomic E-state index is 0.342. The first-order valence-corrected chi connectivity index (χ1v) is 8.58. The van der Waals surface area contributed by atoms with Crippen molar-refractivity contribution in [3.05, 3.63) is 64.9 Å². The lowest BCUT2D eigenvalue weighted by Crippen LogP contribution is -2.05. The summed E-state index contributed by atoms with van der Waals surface area (Å²) in [4.78, 5) is 12.1. The second kappa shape index (κ2) is 6.90. The highest BCUT2D eigenvalue weighted by atomic mass is 35.5. The number of pyridine rings is 1. The van der Waals surface area contributed by atoms with Gasteiger partial charge in [-0.15, -0.1) is 0 Å². The fourth-order valence-corrected chi connectivity index (χ4v) is 3.45. The lowest BCUT2D eigenvalue weighted by Gasteiger charge is -2.17. The Morgan fingerprint density at radius 2 is 1.73 bits per heavy atom. The summed E-state index contributed by atoms with van der Waals surface area (Å²) in [5.41, 5.74) is 3.18. The maximum absolute atomic E-state index is 6.22. The number of nitrogens with zero attached hydrogens (tertiary/aromatic N) is 4. The third kappa shape index (κ3) is 3.09. The Kier molecular flexibility index (Phi) is 4.44. The first-order chi connectivity index (χ1) is 12.6. The zero-order chi connectivity index (χ0) is 18.1. The molecule has 6 nitrogen and oxygen atoms in total. The van der Waals surface area contributed by atoms with Crippen LogP contribution in [-0.2, 0) is 0 Å². The highest BCUT2D eigenvalue weighted by molar-refractivity contribution is 6.35. The molecule has 1 atom stereocenters. The third-order valence-corrected chi connectivity index (χ3v) is 4.58. The van der Waals surface area contributed by atoms with Crippen LogP contribution in [0.5, 0.6) is 5.75 Å². The zero-order valence-corrected chi connectivity index (χ0v) is 15.2. The molecule has 1 aromatic carbocycles. The van der Waals surface area contributed by atoms with Crippen LogP contribution in [0.25, 0.3) is 22.2 Å². The van der Waals surface area contributed by atoms with Gasteiger partial charge in [-0.3, -0.25) is 10.1 Å². The summed E-state index contributed by atoms with van der Waals surface area (Å²) >= 11 is 12.4. The van der Waals surface area contributed by atoms with Crippen molar-refractivity contribution >= 4 is 34.1 Å². The van der Waals surface area contributed by atoms with Crippen LogP contribution in [0.3, 0.4) is 0 Å². The number of nitrogens with one attached hydrogen (secondary N) is 1. The van der Waals surface area contributed by atoms with E-state index in [1.165, 1.54) is 6.33 Å². The highest BCUT2D eigenvalue weighted by Crippen LogP contribution is 2.34. The highest BCUT2D eigenvalue weighted by Gasteiger charge is 2.17. The summed E-state index contributed by atoms with van der Waals surface area (Å²) in [6.07, 6.45) is 7.68. The first kappa shape index (κ1) is 16.8. The molecule has 0 saturated carbocycles. The molecule has 0 aliphatic heterocycles. The van der Waals surface area contributed by atoms with Gasteiger partial charge in [0.25, 0.3) is 0 Å². The van der Waals surface area contributed by atoms with Crippen molar-refractivity contribution in [2.45, 2.75) is 13.0 Å². The monoisotopic (exact) mass is 385 g/mol. The molecule has 0 radical (unpaired) electrons. The Labute approximate surface area is 159 Å².